The molecule has 1 heterocycles. The number of benzene rings is 1. The third-order valence-electron chi connectivity index (χ3n) is 3.77. The second-order valence-electron chi connectivity index (χ2n) is 4.90. The lowest BCUT2D eigenvalue weighted by atomic mass is 10.0. The molecule has 98 valence electrons. The zero-order valence-corrected chi connectivity index (χ0v) is 11.1. The van der Waals surface area contributed by atoms with E-state index in [1.165, 1.54) is 0 Å². The summed E-state index contributed by atoms with van der Waals surface area (Å²) in [5.74, 6) is 0.184. The predicted octanol–water partition coefficient (Wildman–Crippen LogP) is 2.20. The number of amides is 1. The van der Waals surface area contributed by atoms with E-state index in [-0.39, 0.29) is 5.91 Å². The van der Waals surface area contributed by atoms with Gasteiger partial charge in [-0.2, -0.15) is 0 Å². The lowest BCUT2D eigenvalue weighted by Gasteiger charge is -2.24. The molecule has 1 atom stereocenters. The molecule has 1 aliphatic rings. The van der Waals surface area contributed by atoms with Crippen molar-refractivity contribution in [3.63, 3.8) is 0 Å². The molecule has 1 aromatic carbocycles. The van der Waals surface area contributed by atoms with Gasteiger partial charge in [-0.05, 0) is 43.9 Å². The number of hydrogen-bond acceptors (Lipinski definition) is 2. The van der Waals surface area contributed by atoms with Crippen LogP contribution in [0.2, 0.25) is 0 Å². The predicted molar refractivity (Wildman–Crippen MR) is 73.5 cm³/mol. The van der Waals surface area contributed by atoms with Gasteiger partial charge in [0.05, 0.1) is 0 Å². The van der Waals surface area contributed by atoms with Crippen LogP contribution in [-0.2, 0) is 6.42 Å². The van der Waals surface area contributed by atoms with E-state index in [9.17, 15) is 4.79 Å². The summed E-state index contributed by atoms with van der Waals surface area (Å²) in [6.45, 7) is 3.64. The average Bonchev–Trinajstić information content (AvgIpc) is 2.87. The van der Waals surface area contributed by atoms with Crippen molar-refractivity contribution in [1.82, 2.24) is 4.90 Å². The van der Waals surface area contributed by atoms with Gasteiger partial charge in [0, 0.05) is 18.2 Å². The van der Waals surface area contributed by atoms with Crippen molar-refractivity contribution in [3.05, 3.63) is 35.4 Å². The normalized spacial score (nSPS) is 19.2. The maximum atomic E-state index is 12.6. The number of likely N-dealkylation sites (tertiary alicyclic amines) is 1. The van der Waals surface area contributed by atoms with E-state index in [0.29, 0.717) is 12.6 Å². The maximum Gasteiger partial charge on any atom is 0.254 e. The fourth-order valence-corrected chi connectivity index (χ4v) is 2.78. The molecule has 1 aliphatic heterocycles. The SMILES string of the molecule is CCC1CCCN1C(=O)c1ccccc1CCN. The van der Waals surface area contributed by atoms with Gasteiger partial charge in [0.1, 0.15) is 0 Å². The minimum absolute atomic E-state index is 0.184. The molecule has 0 radical (unpaired) electrons. The molecule has 3 heteroatoms. The van der Waals surface area contributed by atoms with Gasteiger partial charge < -0.3 is 10.6 Å². The van der Waals surface area contributed by atoms with E-state index >= 15 is 0 Å². The molecule has 2 N–H and O–H groups in total. The van der Waals surface area contributed by atoms with Crippen LogP contribution in [0.3, 0.4) is 0 Å². The van der Waals surface area contributed by atoms with Crippen molar-refractivity contribution in [3.8, 4) is 0 Å². The number of hydrogen-bond donors (Lipinski definition) is 1. The molecular formula is C15H22N2O. The minimum atomic E-state index is 0.184. The molecule has 0 aromatic heterocycles. The number of carbonyl (C=O) groups excluding carboxylic acids is 1. The molecule has 18 heavy (non-hydrogen) atoms. The van der Waals surface area contributed by atoms with Crippen LogP contribution in [0.1, 0.15) is 42.1 Å². The number of nitrogens with two attached hydrogens (primary N) is 1. The molecule has 0 spiro atoms. The summed E-state index contributed by atoms with van der Waals surface area (Å²) in [5, 5.41) is 0. The summed E-state index contributed by atoms with van der Waals surface area (Å²) in [4.78, 5) is 14.6. The molecule has 0 bridgehead atoms. The van der Waals surface area contributed by atoms with E-state index in [2.05, 4.69) is 6.92 Å². The molecule has 0 aliphatic carbocycles. The van der Waals surface area contributed by atoms with Crippen molar-refractivity contribution < 1.29 is 4.79 Å². The molecule has 1 amide bonds. The summed E-state index contributed by atoms with van der Waals surface area (Å²) in [5.41, 5.74) is 7.52. The van der Waals surface area contributed by atoms with Crippen LogP contribution in [0.25, 0.3) is 0 Å². The largest absolute Gasteiger partial charge is 0.336 e. The van der Waals surface area contributed by atoms with Crippen LogP contribution in [0.5, 0.6) is 0 Å². The second-order valence-corrected chi connectivity index (χ2v) is 4.90. The van der Waals surface area contributed by atoms with Gasteiger partial charge >= 0.3 is 0 Å². The highest BCUT2D eigenvalue weighted by molar-refractivity contribution is 5.96. The Labute approximate surface area is 109 Å². The van der Waals surface area contributed by atoms with Crippen LogP contribution in [0.4, 0.5) is 0 Å². The fourth-order valence-electron chi connectivity index (χ4n) is 2.78. The van der Waals surface area contributed by atoms with Gasteiger partial charge in [0.2, 0.25) is 0 Å². The number of carbonyl (C=O) groups is 1. The smallest absolute Gasteiger partial charge is 0.254 e. The Balaban J connectivity index is 2.22. The molecule has 1 fully saturated rings. The molecule has 2 rings (SSSR count). The van der Waals surface area contributed by atoms with E-state index in [1.807, 2.05) is 29.2 Å². The minimum Gasteiger partial charge on any atom is -0.336 e. The van der Waals surface area contributed by atoms with Crippen molar-refractivity contribution >= 4 is 5.91 Å². The van der Waals surface area contributed by atoms with Crippen LogP contribution in [0.15, 0.2) is 24.3 Å². The quantitative estimate of drug-likeness (QED) is 0.885. The Morgan fingerprint density at radius 3 is 2.94 bits per heavy atom. The Morgan fingerprint density at radius 1 is 1.44 bits per heavy atom. The summed E-state index contributed by atoms with van der Waals surface area (Å²) >= 11 is 0. The third-order valence-corrected chi connectivity index (χ3v) is 3.77. The van der Waals surface area contributed by atoms with Crippen LogP contribution >= 0.6 is 0 Å². The topological polar surface area (TPSA) is 46.3 Å². The zero-order valence-electron chi connectivity index (χ0n) is 11.1. The van der Waals surface area contributed by atoms with Gasteiger partial charge in [-0.3, -0.25) is 4.79 Å². The standard InChI is InChI=1S/C15H22N2O/c1-2-13-7-5-11-17(13)15(18)14-8-4-3-6-12(14)9-10-16/h3-4,6,8,13H,2,5,7,9-11,16H2,1H3. The highest BCUT2D eigenvalue weighted by Crippen LogP contribution is 2.23. The summed E-state index contributed by atoms with van der Waals surface area (Å²) < 4.78 is 0. The lowest BCUT2D eigenvalue weighted by molar-refractivity contribution is 0.0732. The van der Waals surface area contributed by atoms with E-state index < -0.39 is 0 Å². The van der Waals surface area contributed by atoms with Crippen molar-refractivity contribution in [2.24, 2.45) is 5.73 Å². The first-order valence-corrected chi connectivity index (χ1v) is 6.86. The van der Waals surface area contributed by atoms with Crippen LogP contribution < -0.4 is 5.73 Å². The Hall–Kier alpha value is -1.35. The van der Waals surface area contributed by atoms with Crippen molar-refractivity contribution in [1.29, 1.82) is 0 Å². The lowest BCUT2D eigenvalue weighted by Crippen LogP contribution is -2.35. The summed E-state index contributed by atoms with van der Waals surface area (Å²) in [6.07, 6.45) is 4.09. The number of rotatable bonds is 4. The third kappa shape index (κ3) is 2.56. The molecule has 0 saturated carbocycles. The van der Waals surface area contributed by atoms with Crippen molar-refractivity contribution in [2.45, 2.75) is 38.6 Å². The van der Waals surface area contributed by atoms with E-state index in [0.717, 1.165) is 43.4 Å². The Bertz CT molecular complexity index is 417. The highest BCUT2D eigenvalue weighted by atomic mass is 16.2. The number of nitrogens with zero attached hydrogens (tertiary/aromatic N) is 1. The van der Waals surface area contributed by atoms with Gasteiger partial charge in [-0.25, -0.2) is 0 Å². The summed E-state index contributed by atoms with van der Waals surface area (Å²) in [7, 11) is 0. The molecule has 1 saturated heterocycles. The van der Waals surface area contributed by atoms with Crippen molar-refractivity contribution in [2.75, 3.05) is 13.1 Å². The van der Waals surface area contributed by atoms with Gasteiger partial charge in [-0.15, -0.1) is 0 Å². The maximum absolute atomic E-state index is 12.6. The van der Waals surface area contributed by atoms with Gasteiger partial charge in [-0.1, -0.05) is 25.1 Å². The molecule has 1 aromatic rings. The monoisotopic (exact) mass is 246 g/mol. The first-order valence-electron chi connectivity index (χ1n) is 6.86. The molecule has 3 nitrogen and oxygen atoms in total. The molecule has 1 unspecified atom stereocenters. The first-order chi connectivity index (χ1) is 8.77. The van der Waals surface area contributed by atoms with Crippen LogP contribution in [-0.4, -0.2) is 29.9 Å². The Kier molecular flexibility index (Phi) is 4.37. The highest BCUT2D eigenvalue weighted by Gasteiger charge is 2.28. The summed E-state index contributed by atoms with van der Waals surface area (Å²) in [6, 6.07) is 8.27. The average molecular weight is 246 g/mol. The van der Waals surface area contributed by atoms with Gasteiger partial charge in [0.15, 0.2) is 0 Å². The van der Waals surface area contributed by atoms with Gasteiger partial charge in [0.25, 0.3) is 5.91 Å². The Morgan fingerprint density at radius 2 is 2.22 bits per heavy atom. The van der Waals surface area contributed by atoms with E-state index in [4.69, 9.17) is 5.73 Å². The molecular weight excluding hydrogens is 224 g/mol. The second kappa shape index (κ2) is 6.01. The zero-order chi connectivity index (χ0) is 13.0. The van der Waals surface area contributed by atoms with E-state index in [1.54, 1.807) is 0 Å². The van der Waals surface area contributed by atoms with Crippen LogP contribution in [0, 0.1) is 0 Å². The fraction of sp³-hybridized carbons (Fsp3) is 0.533. The first kappa shape index (κ1) is 13.1.